The molecule has 31 heavy (non-hydrogen) atoms. The maximum atomic E-state index is 13.3. The third kappa shape index (κ3) is 3.26. The molecule has 3 unspecified atom stereocenters. The number of rotatable bonds is 4. The Morgan fingerprint density at radius 1 is 1.23 bits per heavy atom. The molecule has 3 aliphatic rings. The van der Waals surface area contributed by atoms with Crippen LogP contribution < -0.4 is 14.9 Å². The number of fused-ring (bicyclic) bond motifs is 4. The molecule has 6 nitrogen and oxygen atoms in total. The summed E-state index contributed by atoms with van der Waals surface area (Å²) in [5.74, 6) is 1.51. The zero-order valence-corrected chi connectivity index (χ0v) is 18.6. The summed E-state index contributed by atoms with van der Waals surface area (Å²) in [5.41, 5.74) is 1.05. The second kappa shape index (κ2) is 7.52. The molecule has 0 saturated heterocycles. The summed E-state index contributed by atoms with van der Waals surface area (Å²) in [4.78, 5) is 13.3. The predicted molar refractivity (Wildman–Crippen MR) is 117 cm³/mol. The van der Waals surface area contributed by atoms with Gasteiger partial charge in [-0.25, -0.2) is 0 Å². The van der Waals surface area contributed by atoms with E-state index >= 15 is 0 Å². The van der Waals surface area contributed by atoms with Crippen molar-refractivity contribution >= 4 is 11.0 Å². The molecule has 0 bridgehead atoms. The first-order valence-electron chi connectivity index (χ1n) is 11.6. The number of hydrogen-bond acceptors (Lipinski definition) is 6. The zero-order valence-electron chi connectivity index (χ0n) is 18.6. The molecule has 2 fully saturated rings. The highest BCUT2D eigenvalue weighted by Crippen LogP contribution is 2.57. The van der Waals surface area contributed by atoms with E-state index in [9.17, 15) is 15.0 Å². The van der Waals surface area contributed by atoms with Crippen molar-refractivity contribution in [2.75, 3.05) is 0 Å². The predicted octanol–water partition coefficient (Wildman–Crippen LogP) is 4.51. The van der Waals surface area contributed by atoms with Crippen molar-refractivity contribution in [3.8, 4) is 11.5 Å². The molecule has 2 heterocycles. The summed E-state index contributed by atoms with van der Waals surface area (Å²) in [6, 6.07) is 1.37. The lowest BCUT2D eigenvalue weighted by Gasteiger charge is -2.37. The molecule has 3 atom stereocenters. The van der Waals surface area contributed by atoms with Crippen LogP contribution in [0.25, 0.3) is 11.0 Å². The first-order valence-corrected chi connectivity index (χ1v) is 11.6. The maximum absolute atomic E-state index is 13.3. The van der Waals surface area contributed by atoms with Crippen LogP contribution in [0, 0.1) is 0 Å². The summed E-state index contributed by atoms with van der Waals surface area (Å²) in [6.45, 7) is 5.58. The van der Waals surface area contributed by atoms with Crippen molar-refractivity contribution in [2.24, 2.45) is 0 Å². The van der Waals surface area contributed by atoms with Gasteiger partial charge >= 0.3 is 0 Å². The van der Waals surface area contributed by atoms with Crippen molar-refractivity contribution in [1.82, 2.24) is 0 Å². The van der Waals surface area contributed by atoms with Crippen molar-refractivity contribution in [2.45, 2.75) is 102 Å². The Balaban J connectivity index is 1.83. The standard InChI is InChI=1S/C25H32O6/c1-13(2)18-21-19(16-9-6-10-25(3,28)24(16)31-21)23(29-14-7-4-5-8-14)20-17(27)11-15(12-26)30-22(18)20/h11,13-14,16,24,26,28H,4-10,12H2,1-3H3. The maximum Gasteiger partial charge on any atom is 0.196 e. The van der Waals surface area contributed by atoms with Gasteiger partial charge in [0.15, 0.2) is 5.43 Å². The van der Waals surface area contributed by atoms with E-state index in [4.69, 9.17) is 13.9 Å². The number of hydrogen-bond donors (Lipinski definition) is 2. The van der Waals surface area contributed by atoms with Crippen molar-refractivity contribution < 1.29 is 24.1 Å². The monoisotopic (exact) mass is 428 g/mol. The van der Waals surface area contributed by atoms with E-state index in [-0.39, 0.29) is 41.8 Å². The molecule has 1 aromatic carbocycles. The molecule has 0 amide bonds. The van der Waals surface area contributed by atoms with Gasteiger partial charge in [-0.3, -0.25) is 4.79 Å². The summed E-state index contributed by atoms with van der Waals surface area (Å²) >= 11 is 0. The van der Waals surface area contributed by atoms with Crippen LogP contribution in [-0.4, -0.2) is 28.0 Å². The normalized spacial score (nSPS) is 28.1. The third-order valence-electron chi connectivity index (χ3n) is 7.32. The van der Waals surface area contributed by atoms with E-state index in [0.717, 1.165) is 49.7 Å². The van der Waals surface area contributed by atoms with Gasteiger partial charge in [-0.05, 0) is 57.8 Å². The van der Waals surface area contributed by atoms with E-state index in [1.165, 1.54) is 6.07 Å². The Morgan fingerprint density at radius 2 is 1.97 bits per heavy atom. The van der Waals surface area contributed by atoms with Gasteiger partial charge in [0.2, 0.25) is 0 Å². The van der Waals surface area contributed by atoms with Gasteiger partial charge in [-0.2, -0.15) is 0 Å². The average molecular weight is 429 g/mol. The Hall–Kier alpha value is -2.05. The van der Waals surface area contributed by atoms with E-state index in [1.807, 2.05) is 20.8 Å². The minimum absolute atomic E-state index is 0.0195. The van der Waals surface area contributed by atoms with Crippen LogP contribution in [0.4, 0.5) is 0 Å². The molecule has 5 rings (SSSR count). The lowest BCUT2D eigenvalue weighted by molar-refractivity contribution is -0.0728. The molecule has 6 heteroatoms. The van der Waals surface area contributed by atoms with Crippen LogP contribution in [0.15, 0.2) is 15.3 Å². The van der Waals surface area contributed by atoms with Gasteiger partial charge in [-0.15, -0.1) is 0 Å². The van der Waals surface area contributed by atoms with E-state index in [0.29, 0.717) is 28.9 Å². The second-order valence-corrected chi connectivity index (χ2v) is 10.00. The molecular formula is C25H32O6. The SMILES string of the molecule is CC(C)c1c2c(c(OC3CCCC3)c3c(=O)cc(CO)oc13)C1CCCC(C)(O)C1O2. The lowest BCUT2D eigenvalue weighted by Crippen LogP contribution is -2.47. The zero-order chi connectivity index (χ0) is 21.9. The summed E-state index contributed by atoms with van der Waals surface area (Å²) in [5, 5.41) is 21.2. The highest BCUT2D eigenvalue weighted by Gasteiger charge is 2.51. The fourth-order valence-corrected chi connectivity index (χ4v) is 5.83. The quantitative estimate of drug-likeness (QED) is 0.745. The Labute approximate surface area is 182 Å². The van der Waals surface area contributed by atoms with Crippen LogP contribution in [0.2, 0.25) is 0 Å². The highest BCUT2D eigenvalue weighted by molar-refractivity contribution is 5.92. The second-order valence-electron chi connectivity index (χ2n) is 10.00. The van der Waals surface area contributed by atoms with E-state index in [1.54, 1.807) is 0 Å². The van der Waals surface area contributed by atoms with E-state index < -0.39 is 5.60 Å². The lowest BCUT2D eigenvalue weighted by atomic mass is 9.74. The molecule has 168 valence electrons. The summed E-state index contributed by atoms with van der Waals surface area (Å²) in [6.07, 6.45) is 6.34. The Bertz CT molecular complexity index is 1060. The van der Waals surface area contributed by atoms with E-state index in [2.05, 4.69) is 0 Å². The molecule has 1 aromatic heterocycles. The van der Waals surface area contributed by atoms with Crippen LogP contribution in [-0.2, 0) is 6.61 Å². The van der Waals surface area contributed by atoms with Crippen molar-refractivity contribution in [1.29, 1.82) is 0 Å². The fourth-order valence-electron chi connectivity index (χ4n) is 5.83. The van der Waals surface area contributed by atoms with Crippen molar-refractivity contribution in [3.05, 3.63) is 33.2 Å². The molecule has 2 aliphatic carbocycles. The number of benzene rings is 1. The van der Waals surface area contributed by atoms with Gasteiger partial charge in [-0.1, -0.05) is 13.8 Å². The Morgan fingerprint density at radius 3 is 2.65 bits per heavy atom. The topological polar surface area (TPSA) is 89.1 Å². The molecular weight excluding hydrogens is 396 g/mol. The van der Waals surface area contributed by atoms with Gasteiger partial charge in [0.25, 0.3) is 0 Å². The fraction of sp³-hybridized carbons (Fsp3) is 0.640. The van der Waals surface area contributed by atoms with Gasteiger partial charge < -0.3 is 24.1 Å². The van der Waals surface area contributed by atoms with Crippen LogP contribution >= 0.6 is 0 Å². The van der Waals surface area contributed by atoms with Crippen LogP contribution in [0.5, 0.6) is 11.5 Å². The first-order chi connectivity index (χ1) is 14.8. The smallest absolute Gasteiger partial charge is 0.196 e. The van der Waals surface area contributed by atoms with Gasteiger partial charge in [0.05, 0.1) is 11.7 Å². The largest absolute Gasteiger partial charge is 0.489 e. The minimum Gasteiger partial charge on any atom is -0.489 e. The van der Waals surface area contributed by atoms with Gasteiger partial charge in [0.1, 0.15) is 40.9 Å². The third-order valence-corrected chi connectivity index (χ3v) is 7.32. The van der Waals surface area contributed by atoms with Crippen molar-refractivity contribution in [3.63, 3.8) is 0 Å². The van der Waals surface area contributed by atoms with Gasteiger partial charge in [0, 0.05) is 23.1 Å². The molecule has 2 aromatic rings. The average Bonchev–Trinajstić information content (AvgIpc) is 3.35. The van der Waals surface area contributed by atoms with Crippen LogP contribution in [0.1, 0.15) is 94.4 Å². The molecule has 1 aliphatic heterocycles. The highest BCUT2D eigenvalue weighted by atomic mass is 16.5. The molecule has 0 spiro atoms. The summed E-state index contributed by atoms with van der Waals surface area (Å²) in [7, 11) is 0. The number of aliphatic hydroxyl groups excluding tert-OH is 1. The first kappa shape index (κ1) is 20.8. The van der Waals surface area contributed by atoms with Crippen LogP contribution in [0.3, 0.4) is 0 Å². The number of aliphatic hydroxyl groups is 2. The number of ether oxygens (including phenoxy) is 2. The molecule has 2 N–H and O–H groups in total. The molecule has 0 radical (unpaired) electrons. The molecule has 2 saturated carbocycles. The Kier molecular flexibility index (Phi) is 5.05. The summed E-state index contributed by atoms with van der Waals surface area (Å²) < 4.78 is 19.1. The minimum atomic E-state index is -0.944.